The molecule has 3 heteroatoms. The van der Waals surface area contributed by atoms with E-state index in [1.807, 2.05) is 26.9 Å². The molecule has 5 rings (SSSR count). The Hall–Kier alpha value is -0.380. The van der Waals surface area contributed by atoms with Crippen LogP contribution in [0.1, 0.15) is 106 Å². The first-order chi connectivity index (χ1) is 16.8. The SMILES string of the molecule is COC[C@]1(C)[C@@H]2CC[C@]3(C)[C@H](CC=C4[C@@H]5CC(C)(C)[C@@H](OC)C[C@]5(C)CC[C@]43C)[C@@]2(C)CC[C@@H]1OC. The molecule has 0 aromatic heterocycles. The second-order valence-corrected chi connectivity index (χ2v) is 15.8. The van der Waals surface area contributed by atoms with Crippen LogP contribution in [-0.4, -0.2) is 40.1 Å². The maximum atomic E-state index is 6.13. The molecule has 0 spiro atoms. The van der Waals surface area contributed by atoms with E-state index in [9.17, 15) is 0 Å². The molecule has 4 fully saturated rings. The molecule has 5 aliphatic carbocycles. The van der Waals surface area contributed by atoms with Crippen LogP contribution >= 0.6 is 0 Å². The lowest BCUT2D eigenvalue weighted by Gasteiger charge is -2.71. The molecule has 0 bridgehead atoms. The summed E-state index contributed by atoms with van der Waals surface area (Å²) in [7, 11) is 5.74. The van der Waals surface area contributed by atoms with Crippen LogP contribution in [0.25, 0.3) is 0 Å². The monoisotopic (exact) mass is 500 g/mol. The minimum atomic E-state index is 0.0937. The van der Waals surface area contributed by atoms with Gasteiger partial charge in [0.05, 0.1) is 18.8 Å². The molecule has 4 saturated carbocycles. The lowest BCUT2D eigenvalue weighted by molar-refractivity contribution is -0.223. The van der Waals surface area contributed by atoms with E-state index in [0.717, 1.165) is 18.9 Å². The highest BCUT2D eigenvalue weighted by atomic mass is 16.5. The van der Waals surface area contributed by atoms with Crippen LogP contribution in [0.5, 0.6) is 0 Å². The van der Waals surface area contributed by atoms with Gasteiger partial charge in [-0.25, -0.2) is 0 Å². The molecule has 0 amide bonds. The molecule has 0 aromatic rings. The Kier molecular flexibility index (Phi) is 6.47. The fourth-order valence-electron chi connectivity index (χ4n) is 11.6. The van der Waals surface area contributed by atoms with Crippen LogP contribution in [-0.2, 0) is 14.2 Å². The van der Waals surface area contributed by atoms with E-state index in [0.29, 0.717) is 45.7 Å². The van der Waals surface area contributed by atoms with E-state index in [4.69, 9.17) is 14.2 Å². The van der Waals surface area contributed by atoms with E-state index in [-0.39, 0.29) is 10.8 Å². The second kappa shape index (κ2) is 8.56. The number of fused-ring (bicyclic) bond motifs is 7. The Balaban J connectivity index is 1.54. The van der Waals surface area contributed by atoms with Crippen molar-refractivity contribution < 1.29 is 14.2 Å². The molecule has 36 heavy (non-hydrogen) atoms. The predicted octanol–water partition coefficient (Wildman–Crippen LogP) is 8.07. The molecular weight excluding hydrogens is 444 g/mol. The Morgan fingerprint density at radius 3 is 2.11 bits per heavy atom. The summed E-state index contributed by atoms with van der Waals surface area (Å²) in [4.78, 5) is 0. The molecule has 0 heterocycles. The van der Waals surface area contributed by atoms with Gasteiger partial charge in [-0.05, 0) is 103 Å². The average Bonchev–Trinajstić information content (AvgIpc) is 2.80. The van der Waals surface area contributed by atoms with Crippen molar-refractivity contribution in [2.45, 2.75) is 118 Å². The van der Waals surface area contributed by atoms with Crippen LogP contribution in [0, 0.1) is 50.2 Å². The zero-order valence-corrected chi connectivity index (χ0v) is 25.3. The number of hydrogen-bond acceptors (Lipinski definition) is 3. The van der Waals surface area contributed by atoms with Crippen LogP contribution in [0.3, 0.4) is 0 Å². The predicted molar refractivity (Wildman–Crippen MR) is 148 cm³/mol. The second-order valence-electron chi connectivity index (χ2n) is 15.8. The summed E-state index contributed by atoms with van der Waals surface area (Å²) >= 11 is 0. The van der Waals surface area contributed by atoms with Gasteiger partial charge in [-0.2, -0.15) is 0 Å². The topological polar surface area (TPSA) is 27.7 Å². The summed E-state index contributed by atoms with van der Waals surface area (Å²) in [6.07, 6.45) is 15.0. The maximum absolute atomic E-state index is 6.13. The van der Waals surface area contributed by atoms with Crippen molar-refractivity contribution in [1.29, 1.82) is 0 Å². The van der Waals surface area contributed by atoms with Crippen molar-refractivity contribution in [2.75, 3.05) is 27.9 Å². The fourth-order valence-corrected chi connectivity index (χ4v) is 11.6. The third kappa shape index (κ3) is 3.40. The first-order valence-corrected chi connectivity index (χ1v) is 15.0. The van der Waals surface area contributed by atoms with Crippen LogP contribution in [0.2, 0.25) is 0 Å². The standard InChI is InChI=1S/C33H56O3/c1-28(2)19-23-22-11-12-25-30(4)15-14-26(35-9)31(5,21-34-8)24(30)13-16-33(25,7)32(22,6)18-17-29(23,3)20-27(28)36-10/h11,23-27H,12-21H2,1-10H3/t23-,24+,25+,26-,27-,29-,30-,31+,32+,33+/m0/s1. The van der Waals surface area contributed by atoms with Gasteiger partial charge in [0.2, 0.25) is 0 Å². The van der Waals surface area contributed by atoms with Crippen LogP contribution < -0.4 is 0 Å². The Morgan fingerprint density at radius 2 is 1.47 bits per heavy atom. The Morgan fingerprint density at radius 1 is 0.778 bits per heavy atom. The molecule has 0 aliphatic heterocycles. The van der Waals surface area contributed by atoms with Crippen molar-refractivity contribution in [2.24, 2.45) is 50.2 Å². The highest BCUT2D eigenvalue weighted by molar-refractivity contribution is 5.34. The van der Waals surface area contributed by atoms with Crippen molar-refractivity contribution in [3.8, 4) is 0 Å². The van der Waals surface area contributed by atoms with E-state index >= 15 is 0 Å². The normalized spacial score (nSPS) is 53.9. The average molecular weight is 501 g/mol. The van der Waals surface area contributed by atoms with Crippen molar-refractivity contribution >= 4 is 0 Å². The number of ether oxygens (including phenoxy) is 3. The minimum Gasteiger partial charge on any atom is -0.384 e. The van der Waals surface area contributed by atoms with Crippen molar-refractivity contribution in [3.05, 3.63) is 11.6 Å². The number of hydrogen-bond donors (Lipinski definition) is 0. The molecular formula is C33H56O3. The van der Waals surface area contributed by atoms with Gasteiger partial charge in [-0.15, -0.1) is 0 Å². The van der Waals surface area contributed by atoms with E-state index in [1.165, 1.54) is 51.4 Å². The first-order valence-electron chi connectivity index (χ1n) is 15.0. The van der Waals surface area contributed by atoms with E-state index in [1.54, 1.807) is 0 Å². The van der Waals surface area contributed by atoms with Crippen molar-refractivity contribution in [3.63, 3.8) is 0 Å². The largest absolute Gasteiger partial charge is 0.384 e. The van der Waals surface area contributed by atoms with E-state index < -0.39 is 0 Å². The lowest BCUT2D eigenvalue weighted by Crippen LogP contribution is -2.66. The van der Waals surface area contributed by atoms with Crippen LogP contribution in [0.4, 0.5) is 0 Å². The van der Waals surface area contributed by atoms with Gasteiger partial charge in [0.15, 0.2) is 0 Å². The summed E-state index contributed by atoms with van der Waals surface area (Å²) < 4.78 is 18.1. The molecule has 0 saturated heterocycles. The molecule has 3 nitrogen and oxygen atoms in total. The zero-order valence-electron chi connectivity index (χ0n) is 25.3. The minimum absolute atomic E-state index is 0.0937. The number of methoxy groups -OCH3 is 3. The molecule has 0 N–H and O–H groups in total. The van der Waals surface area contributed by atoms with Gasteiger partial charge in [0, 0.05) is 26.7 Å². The summed E-state index contributed by atoms with van der Waals surface area (Å²) in [6.45, 7) is 18.9. The van der Waals surface area contributed by atoms with Gasteiger partial charge in [-0.1, -0.05) is 60.1 Å². The number of rotatable bonds is 4. The van der Waals surface area contributed by atoms with Crippen LogP contribution in [0.15, 0.2) is 11.6 Å². The summed E-state index contributed by atoms with van der Waals surface area (Å²) in [6, 6.07) is 0. The Bertz CT molecular complexity index is 893. The zero-order chi connectivity index (χ0) is 26.4. The van der Waals surface area contributed by atoms with Gasteiger partial charge in [0.25, 0.3) is 0 Å². The highest BCUT2D eigenvalue weighted by Crippen LogP contribution is 2.75. The fraction of sp³-hybridized carbons (Fsp3) is 0.939. The van der Waals surface area contributed by atoms with Gasteiger partial charge in [-0.3, -0.25) is 0 Å². The summed E-state index contributed by atoms with van der Waals surface area (Å²) in [5.74, 6) is 2.09. The third-order valence-corrected chi connectivity index (χ3v) is 14.0. The third-order valence-electron chi connectivity index (χ3n) is 14.0. The van der Waals surface area contributed by atoms with Gasteiger partial charge in [0.1, 0.15) is 0 Å². The number of allylic oxidation sites excluding steroid dienone is 2. The quantitative estimate of drug-likeness (QED) is 0.365. The molecule has 10 atom stereocenters. The first kappa shape index (κ1) is 27.2. The van der Waals surface area contributed by atoms with Gasteiger partial charge < -0.3 is 14.2 Å². The lowest BCUT2D eigenvalue weighted by atomic mass is 9.33. The maximum Gasteiger partial charge on any atom is 0.0650 e. The highest BCUT2D eigenvalue weighted by Gasteiger charge is 2.69. The summed E-state index contributed by atoms with van der Waals surface area (Å²) in [5.41, 5.74) is 3.55. The molecule has 0 unspecified atom stereocenters. The molecule has 206 valence electrons. The molecule has 0 aromatic carbocycles. The molecule has 5 aliphatic rings. The Labute approximate surface area is 222 Å². The smallest absolute Gasteiger partial charge is 0.0650 e. The summed E-state index contributed by atoms with van der Waals surface area (Å²) in [5, 5.41) is 0. The molecule has 0 radical (unpaired) electrons. The van der Waals surface area contributed by atoms with E-state index in [2.05, 4.69) is 54.5 Å². The van der Waals surface area contributed by atoms with Gasteiger partial charge >= 0.3 is 0 Å². The van der Waals surface area contributed by atoms with Crippen molar-refractivity contribution in [1.82, 2.24) is 0 Å².